The van der Waals surface area contributed by atoms with Crippen LogP contribution in [0.1, 0.15) is 12.8 Å². The van der Waals surface area contributed by atoms with E-state index in [9.17, 15) is 19.2 Å². The van der Waals surface area contributed by atoms with Crippen molar-refractivity contribution < 1.29 is 24.3 Å². The number of carbonyl (C=O) groups is 4. The number of nitrogens with zero attached hydrogens (tertiary/aromatic N) is 2. The van der Waals surface area contributed by atoms with Gasteiger partial charge in [0, 0.05) is 20.1 Å². The van der Waals surface area contributed by atoms with E-state index >= 15 is 0 Å². The lowest BCUT2D eigenvalue weighted by Crippen LogP contribution is -2.60. The first-order valence-electron chi connectivity index (χ1n) is 5.97. The fourth-order valence-electron chi connectivity index (χ4n) is 2.48. The number of amides is 3. The highest BCUT2D eigenvalue weighted by Gasteiger charge is 2.45. The molecule has 104 valence electrons. The van der Waals surface area contributed by atoms with Crippen molar-refractivity contribution in [2.75, 3.05) is 20.1 Å². The maximum atomic E-state index is 11.9. The van der Waals surface area contributed by atoms with Gasteiger partial charge in [-0.1, -0.05) is 0 Å². The first kappa shape index (κ1) is 13.5. The van der Waals surface area contributed by atoms with Crippen molar-refractivity contribution in [2.45, 2.75) is 24.9 Å². The lowest BCUT2D eigenvalue weighted by atomic mass is 10.0. The number of rotatable bonds is 3. The van der Waals surface area contributed by atoms with E-state index in [1.54, 1.807) is 0 Å². The van der Waals surface area contributed by atoms with Crippen molar-refractivity contribution in [1.82, 2.24) is 15.1 Å². The standard InChI is InChI=1S/C11H15N3O5/c1-13-8(15)4-7(11(13)19)14-3-2-12-10(18)6(14)5-9(16)17/h6-7H,2-5H2,1H3,(H,12,18)(H,16,17). The molecule has 0 radical (unpaired) electrons. The molecule has 8 nitrogen and oxygen atoms in total. The van der Waals surface area contributed by atoms with Gasteiger partial charge in [0.2, 0.25) is 17.7 Å². The van der Waals surface area contributed by atoms with Gasteiger partial charge in [0.15, 0.2) is 0 Å². The molecule has 2 atom stereocenters. The van der Waals surface area contributed by atoms with Gasteiger partial charge in [-0.05, 0) is 0 Å². The molecular formula is C11H15N3O5. The monoisotopic (exact) mass is 269 g/mol. The van der Waals surface area contributed by atoms with Gasteiger partial charge in [-0.2, -0.15) is 0 Å². The van der Waals surface area contributed by atoms with Crippen LogP contribution in [0.4, 0.5) is 0 Å². The van der Waals surface area contributed by atoms with Gasteiger partial charge in [-0.3, -0.25) is 29.0 Å². The maximum Gasteiger partial charge on any atom is 0.305 e. The quantitative estimate of drug-likeness (QED) is 0.575. The average Bonchev–Trinajstić information content (AvgIpc) is 2.59. The van der Waals surface area contributed by atoms with E-state index in [0.29, 0.717) is 13.1 Å². The minimum absolute atomic E-state index is 0.00126. The summed E-state index contributed by atoms with van der Waals surface area (Å²) in [6, 6.07) is -1.63. The predicted octanol–water partition coefficient (Wildman–Crippen LogP) is -1.98. The molecule has 3 amide bonds. The largest absolute Gasteiger partial charge is 0.481 e. The maximum absolute atomic E-state index is 11.9. The molecule has 2 rings (SSSR count). The number of hydrogen-bond acceptors (Lipinski definition) is 5. The SMILES string of the molecule is CN1C(=O)CC(N2CCNC(=O)C2CC(=O)O)C1=O. The van der Waals surface area contributed by atoms with Crippen LogP contribution in [0.5, 0.6) is 0 Å². The van der Waals surface area contributed by atoms with Gasteiger partial charge in [-0.15, -0.1) is 0 Å². The number of hydrogen-bond donors (Lipinski definition) is 2. The summed E-state index contributed by atoms with van der Waals surface area (Å²) in [5, 5.41) is 11.4. The lowest BCUT2D eigenvalue weighted by Gasteiger charge is -2.37. The van der Waals surface area contributed by atoms with E-state index in [1.165, 1.54) is 11.9 Å². The molecule has 0 aromatic carbocycles. The third kappa shape index (κ3) is 2.43. The predicted molar refractivity (Wildman–Crippen MR) is 61.9 cm³/mol. The molecule has 0 bridgehead atoms. The van der Waals surface area contributed by atoms with Crippen LogP contribution in [0.15, 0.2) is 0 Å². The van der Waals surface area contributed by atoms with Gasteiger partial charge in [0.05, 0.1) is 18.9 Å². The number of likely N-dealkylation sites (tertiary alicyclic amines) is 1. The zero-order valence-corrected chi connectivity index (χ0v) is 10.5. The second kappa shape index (κ2) is 4.96. The zero-order chi connectivity index (χ0) is 14.2. The molecule has 2 N–H and O–H groups in total. The van der Waals surface area contributed by atoms with Gasteiger partial charge in [0.1, 0.15) is 6.04 Å². The van der Waals surface area contributed by atoms with E-state index in [-0.39, 0.29) is 24.7 Å². The fraction of sp³-hybridized carbons (Fsp3) is 0.636. The minimum atomic E-state index is -1.11. The van der Waals surface area contributed by atoms with E-state index in [2.05, 4.69) is 5.32 Å². The van der Waals surface area contributed by atoms with Gasteiger partial charge < -0.3 is 10.4 Å². The van der Waals surface area contributed by atoms with Crippen molar-refractivity contribution in [2.24, 2.45) is 0 Å². The van der Waals surface area contributed by atoms with Crippen LogP contribution in [0.25, 0.3) is 0 Å². The smallest absolute Gasteiger partial charge is 0.305 e. The molecule has 2 unspecified atom stereocenters. The van der Waals surface area contributed by atoms with Crippen molar-refractivity contribution in [3.63, 3.8) is 0 Å². The highest BCUT2D eigenvalue weighted by atomic mass is 16.4. The van der Waals surface area contributed by atoms with Crippen LogP contribution in [-0.2, 0) is 19.2 Å². The first-order valence-corrected chi connectivity index (χ1v) is 5.97. The zero-order valence-electron chi connectivity index (χ0n) is 10.5. The summed E-state index contributed by atoms with van der Waals surface area (Å²) in [5.74, 6) is -2.22. The minimum Gasteiger partial charge on any atom is -0.481 e. The Morgan fingerprint density at radius 1 is 1.42 bits per heavy atom. The third-order valence-electron chi connectivity index (χ3n) is 3.50. The molecule has 2 heterocycles. The summed E-state index contributed by atoms with van der Waals surface area (Å²) in [6.07, 6.45) is -0.383. The van der Waals surface area contributed by atoms with E-state index < -0.39 is 24.0 Å². The van der Waals surface area contributed by atoms with Gasteiger partial charge >= 0.3 is 5.97 Å². The Morgan fingerprint density at radius 2 is 2.11 bits per heavy atom. The molecule has 0 aliphatic carbocycles. The molecular weight excluding hydrogens is 254 g/mol. The number of imide groups is 1. The van der Waals surface area contributed by atoms with E-state index in [4.69, 9.17) is 5.11 Å². The molecule has 19 heavy (non-hydrogen) atoms. The molecule has 0 aromatic rings. The molecule has 2 fully saturated rings. The van der Waals surface area contributed by atoms with Crippen LogP contribution < -0.4 is 5.32 Å². The van der Waals surface area contributed by atoms with Gasteiger partial charge in [-0.25, -0.2) is 0 Å². The van der Waals surface area contributed by atoms with Crippen molar-refractivity contribution in [3.05, 3.63) is 0 Å². The Hall–Kier alpha value is -1.96. The van der Waals surface area contributed by atoms with Crippen LogP contribution in [0.3, 0.4) is 0 Å². The Morgan fingerprint density at radius 3 is 2.63 bits per heavy atom. The lowest BCUT2D eigenvalue weighted by molar-refractivity contribution is -0.146. The Kier molecular flexibility index (Phi) is 3.52. The van der Waals surface area contributed by atoms with Crippen molar-refractivity contribution >= 4 is 23.7 Å². The van der Waals surface area contributed by atoms with Crippen molar-refractivity contribution in [3.8, 4) is 0 Å². The number of carbonyl (C=O) groups excluding carboxylic acids is 3. The Labute approximate surface area is 109 Å². The number of likely N-dealkylation sites (N-methyl/N-ethyl adjacent to an activating group) is 1. The molecule has 2 saturated heterocycles. The molecule has 0 saturated carbocycles. The van der Waals surface area contributed by atoms with E-state index in [1.807, 2.05) is 0 Å². The number of carboxylic acids is 1. The summed E-state index contributed by atoms with van der Waals surface area (Å²) in [4.78, 5) is 48.5. The number of piperazine rings is 1. The third-order valence-corrected chi connectivity index (χ3v) is 3.50. The molecule has 2 aliphatic rings. The second-order valence-electron chi connectivity index (χ2n) is 4.65. The van der Waals surface area contributed by atoms with E-state index in [0.717, 1.165) is 4.90 Å². The van der Waals surface area contributed by atoms with Crippen LogP contribution in [0.2, 0.25) is 0 Å². The summed E-state index contributed by atoms with van der Waals surface area (Å²) in [5.41, 5.74) is 0. The number of carboxylic acid groups (broad SMARTS) is 1. The van der Waals surface area contributed by atoms with Crippen LogP contribution >= 0.6 is 0 Å². The topological polar surface area (TPSA) is 107 Å². The highest BCUT2D eigenvalue weighted by molar-refractivity contribution is 6.05. The van der Waals surface area contributed by atoms with Crippen LogP contribution in [-0.4, -0.2) is 70.8 Å². The molecule has 0 spiro atoms. The highest BCUT2D eigenvalue weighted by Crippen LogP contribution is 2.22. The van der Waals surface area contributed by atoms with Crippen molar-refractivity contribution in [1.29, 1.82) is 0 Å². The number of nitrogens with one attached hydrogen (secondary N) is 1. The first-order chi connectivity index (χ1) is 8.91. The molecule has 0 aromatic heterocycles. The molecule has 2 aliphatic heterocycles. The fourth-order valence-corrected chi connectivity index (χ4v) is 2.48. The molecule has 8 heteroatoms. The Balaban J connectivity index is 2.20. The Bertz CT molecular complexity index is 446. The number of aliphatic carboxylic acids is 1. The summed E-state index contributed by atoms with van der Waals surface area (Å²) in [6.45, 7) is 0.706. The summed E-state index contributed by atoms with van der Waals surface area (Å²) < 4.78 is 0. The summed E-state index contributed by atoms with van der Waals surface area (Å²) >= 11 is 0. The van der Waals surface area contributed by atoms with Gasteiger partial charge in [0.25, 0.3) is 0 Å². The second-order valence-corrected chi connectivity index (χ2v) is 4.65. The normalized spacial score (nSPS) is 28.7. The van der Waals surface area contributed by atoms with Crippen LogP contribution in [0, 0.1) is 0 Å². The average molecular weight is 269 g/mol. The summed E-state index contributed by atoms with van der Waals surface area (Å²) in [7, 11) is 1.39.